The molecule has 0 spiro atoms. The van der Waals surface area contributed by atoms with Crippen LogP contribution in [0.1, 0.15) is 13.8 Å². The first-order valence-corrected chi connectivity index (χ1v) is 5.43. The van der Waals surface area contributed by atoms with Gasteiger partial charge in [0.25, 0.3) is 0 Å². The second-order valence-electron chi connectivity index (χ2n) is 3.47. The summed E-state index contributed by atoms with van der Waals surface area (Å²) in [5.41, 5.74) is 0.497. The van der Waals surface area contributed by atoms with E-state index in [0.29, 0.717) is 18.2 Å². The second kappa shape index (κ2) is 6.70. The fourth-order valence-corrected chi connectivity index (χ4v) is 1.17. The topological polar surface area (TPSA) is 83.5 Å². The van der Waals surface area contributed by atoms with E-state index in [0.717, 1.165) is 0 Å². The fraction of sp³-hybridized carbons (Fsp3) is 0.455. The normalized spacial score (nSPS) is 11.7. The van der Waals surface area contributed by atoms with Crippen molar-refractivity contribution in [3.05, 3.63) is 18.3 Å². The van der Waals surface area contributed by atoms with Gasteiger partial charge in [0.1, 0.15) is 5.69 Å². The van der Waals surface area contributed by atoms with Crippen molar-refractivity contribution < 1.29 is 14.6 Å². The molecule has 1 aromatic heterocycles. The van der Waals surface area contributed by atoms with Gasteiger partial charge in [-0.25, -0.2) is 9.78 Å². The number of hydrogen-bond donors (Lipinski definition) is 3. The predicted molar refractivity (Wildman–Crippen MR) is 64.1 cm³/mol. The largest absolute Gasteiger partial charge is 0.476 e. The molecule has 6 heteroatoms. The molecule has 0 bridgehead atoms. The van der Waals surface area contributed by atoms with E-state index in [1.807, 2.05) is 6.92 Å². The number of nitrogens with zero attached hydrogens (tertiary/aromatic N) is 1. The van der Waals surface area contributed by atoms with E-state index in [9.17, 15) is 4.79 Å². The van der Waals surface area contributed by atoms with Crippen molar-refractivity contribution in [1.29, 1.82) is 0 Å². The van der Waals surface area contributed by atoms with Crippen LogP contribution < -0.4 is 15.4 Å². The van der Waals surface area contributed by atoms with Gasteiger partial charge in [0.05, 0.1) is 19.3 Å². The molecule has 94 valence electrons. The monoisotopic (exact) mass is 239 g/mol. The SMILES string of the molecule is CCOc1ncccc1NC(=O)N[C@H](C)CO. The quantitative estimate of drug-likeness (QED) is 0.715. The summed E-state index contributed by atoms with van der Waals surface area (Å²) >= 11 is 0. The maximum atomic E-state index is 11.5. The van der Waals surface area contributed by atoms with Gasteiger partial charge in [0.2, 0.25) is 5.88 Å². The number of carbonyl (C=O) groups excluding carboxylic acids is 1. The first kappa shape index (κ1) is 13.2. The lowest BCUT2D eigenvalue weighted by Gasteiger charge is -2.13. The number of amides is 2. The molecule has 0 aromatic carbocycles. The second-order valence-corrected chi connectivity index (χ2v) is 3.47. The lowest BCUT2D eigenvalue weighted by molar-refractivity contribution is 0.229. The lowest BCUT2D eigenvalue weighted by Crippen LogP contribution is -2.38. The zero-order valence-electron chi connectivity index (χ0n) is 9.93. The van der Waals surface area contributed by atoms with Crippen LogP contribution in [0.5, 0.6) is 5.88 Å². The Morgan fingerprint density at radius 1 is 1.65 bits per heavy atom. The number of aliphatic hydroxyl groups excluding tert-OH is 1. The molecule has 1 aromatic rings. The van der Waals surface area contributed by atoms with Crippen molar-refractivity contribution in [2.24, 2.45) is 0 Å². The number of hydrogen-bond acceptors (Lipinski definition) is 4. The summed E-state index contributed by atoms with van der Waals surface area (Å²) in [6.45, 7) is 3.90. The average molecular weight is 239 g/mol. The van der Waals surface area contributed by atoms with Gasteiger partial charge >= 0.3 is 6.03 Å². The maximum absolute atomic E-state index is 11.5. The number of anilines is 1. The number of carbonyl (C=O) groups is 1. The molecule has 0 fully saturated rings. The van der Waals surface area contributed by atoms with E-state index in [2.05, 4.69) is 15.6 Å². The van der Waals surface area contributed by atoms with E-state index >= 15 is 0 Å². The van der Waals surface area contributed by atoms with Crippen LogP contribution >= 0.6 is 0 Å². The van der Waals surface area contributed by atoms with Gasteiger partial charge in [-0.15, -0.1) is 0 Å². The Bertz CT molecular complexity index is 371. The molecule has 3 N–H and O–H groups in total. The molecule has 1 atom stereocenters. The van der Waals surface area contributed by atoms with Crippen LogP contribution in [-0.2, 0) is 0 Å². The van der Waals surface area contributed by atoms with Gasteiger partial charge in [0.15, 0.2) is 0 Å². The van der Waals surface area contributed by atoms with Crippen LogP contribution in [0.15, 0.2) is 18.3 Å². The molecule has 1 rings (SSSR count). The highest BCUT2D eigenvalue weighted by Gasteiger charge is 2.09. The van der Waals surface area contributed by atoms with Gasteiger partial charge in [-0.05, 0) is 26.0 Å². The minimum atomic E-state index is -0.402. The summed E-state index contributed by atoms with van der Waals surface area (Å²) in [6.07, 6.45) is 1.59. The van der Waals surface area contributed by atoms with E-state index in [-0.39, 0.29) is 12.6 Å². The van der Waals surface area contributed by atoms with Gasteiger partial charge in [-0.1, -0.05) is 0 Å². The molecule has 0 radical (unpaired) electrons. The molecule has 17 heavy (non-hydrogen) atoms. The Labute approximate surface area is 100 Å². The Morgan fingerprint density at radius 2 is 2.41 bits per heavy atom. The molecule has 0 saturated carbocycles. The molecule has 0 aliphatic heterocycles. The molecular formula is C11H17N3O3. The van der Waals surface area contributed by atoms with Gasteiger partial charge in [-0.2, -0.15) is 0 Å². The number of nitrogens with one attached hydrogen (secondary N) is 2. The predicted octanol–water partition coefficient (Wildman–Crippen LogP) is 0.983. The summed E-state index contributed by atoms with van der Waals surface area (Å²) < 4.78 is 5.27. The maximum Gasteiger partial charge on any atom is 0.319 e. The average Bonchev–Trinajstić information content (AvgIpc) is 2.31. The van der Waals surface area contributed by atoms with Gasteiger partial charge in [0, 0.05) is 6.20 Å². The lowest BCUT2D eigenvalue weighted by atomic mass is 10.3. The third-order valence-electron chi connectivity index (χ3n) is 1.95. The number of rotatable bonds is 5. The molecule has 0 unspecified atom stereocenters. The van der Waals surface area contributed by atoms with Crippen molar-refractivity contribution in [3.63, 3.8) is 0 Å². The summed E-state index contributed by atoms with van der Waals surface area (Å²) in [6, 6.07) is 2.69. The summed E-state index contributed by atoms with van der Waals surface area (Å²) in [7, 11) is 0. The number of ether oxygens (including phenoxy) is 1. The van der Waals surface area contributed by atoms with Crippen LogP contribution in [-0.4, -0.2) is 35.4 Å². The van der Waals surface area contributed by atoms with E-state index in [4.69, 9.17) is 9.84 Å². The Kier molecular flexibility index (Phi) is 5.22. The third kappa shape index (κ3) is 4.28. The first-order valence-electron chi connectivity index (χ1n) is 5.43. The highest BCUT2D eigenvalue weighted by Crippen LogP contribution is 2.19. The highest BCUT2D eigenvalue weighted by molar-refractivity contribution is 5.90. The molecular weight excluding hydrogens is 222 g/mol. The minimum Gasteiger partial charge on any atom is -0.476 e. The van der Waals surface area contributed by atoms with Crippen LogP contribution in [0.3, 0.4) is 0 Å². The molecule has 0 aliphatic carbocycles. The molecule has 6 nitrogen and oxygen atoms in total. The third-order valence-corrected chi connectivity index (χ3v) is 1.95. The van der Waals surface area contributed by atoms with Crippen molar-refractivity contribution >= 4 is 11.7 Å². The minimum absolute atomic E-state index is 0.112. The van der Waals surface area contributed by atoms with Crippen LogP contribution in [0, 0.1) is 0 Å². The van der Waals surface area contributed by atoms with Crippen molar-refractivity contribution in [2.75, 3.05) is 18.5 Å². The van der Waals surface area contributed by atoms with Crippen molar-refractivity contribution in [3.8, 4) is 5.88 Å². The zero-order valence-corrected chi connectivity index (χ0v) is 9.93. The van der Waals surface area contributed by atoms with Crippen LogP contribution in [0.25, 0.3) is 0 Å². The first-order chi connectivity index (χ1) is 8.17. The Balaban J connectivity index is 2.64. The fourth-order valence-electron chi connectivity index (χ4n) is 1.17. The van der Waals surface area contributed by atoms with E-state index in [1.165, 1.54) is 0 Å². The zero-order chi connectivity index (χ0) is 12.7. The van der Waals surface area contributed by atoms with Crippen LogP contribution in [0.2, 0.25) is 0 Å². The molecule has 2 amide bonds. The molecule has 1 heterocycles. The van der Waals surface area contributed by atoms with Crippen molar-refractivity contribution in [2.45, 2.75) is 19.9 Å². The summed E-state index contributed by atoms with van der Waals surface area (Å²) in [5, 5.41) is 14.0. The molecule has 0 aliphatic rings. The van der Waals surface area contributed by atoms with E-state index in [1.54, 1.807) is 25.3 Å². The standard InChI is InChI=1S/C11H17N3O3/c1-3-17-10-9(5-4-6-12-10)14-11(16)13-8(2)7-15/h4-6,8,15H,3,7H2,1-2H3,(H2,13,14,16)/t8-/m1/s1. The summed E-state index contributed by atoms with van der Waals surface area (Å²) in [5.74, 6) is 0.377. The Hall–Kier alpha value is -1.82. The number of pyridine rings is 1. The number of aliphatic hydroxyl groups is 1. The number of urea groups is 1. The molecule has 0 saturated heterocycles. The summed E-state index contributed by atoms with van der Waals surface area (Å²) in [4.78, 5) is 15.5. The highest BCUT2D eigenvalue weighted by atomic mass is 16.5. The smallest absolute Gasteiger partial charge is 0.319 e. The van der Waals surface area contributed by atoms with Gasteiger partial charge in [-0.3, -0.25) is 0 Å². The van der Waals surface area contributed by atoms with Crippen LogP contribution in [0.4, 0.5) is 10.5 Å². The number of aromatic nitrogens is 1. The Morgan fingerprint density at radius 3 is 3.06 bits per heavy atom. The van der Waals surface area contributed by atoms with Crippen molar-refractivity contribution in [1.82, 2.24) is 10.3 Å². The van der Waals surface area contributed by atoms with Gasteiger partial charge < -0.3 is 20.5 Å². The van der Waals surface area contributed by atoms with E-state index < -0.39 is 6.03 Å².